The van der Waals surface area contributed by atoms with Crippen molar-refractivity contribution in [3.8, 4) is 5.88 Å². The number of nitrogens with zero attached hydrogens (tertiary/aromatic N) is 1. The van der Waals surface area contributed by atoms with Crippen molar-refractivity contribution in [2.24, 2.45) is 0 Å². The third kappa shape index (κ3) is 1.61. The molecule has 3 N–H and O–H groups in total. The molecule has 0 unspecified atom stereocenters. The van der Waals surface area contributed by atoms with Gasteiger partial charge in [-0.3, -0.25) is 0 Å². The number of nitrogens with one attached hydrogen (secondary N) is 2. The molecular weight excluding hydrogens is 166 g/mol. The minimum Gasteiger partial charge on any atom is -0.491 e. The maximum Gasteiger partial charge on any atom is 0.254 e. The zero-order valence-corrected chi connectivity index (χ0v) is 6.86. The van der Waals surface area contributed by atoms with Crippen LogP contribution in [0.1, 0.15) is 0 Å². The predicted octanol–water partition coefficient (Wildman–Crippen LogP) is 1.86. The highest BCUT2D eigenvalue weighted by atomic mass is 16.3. The summed E-state index contributed by atoms with van der Waals surface area (Å²) in [6.07, 6.45) is 1.43. The first-order valence-electron chi connectivity index (χ1n) is 3.90. The first kappa shape index (κ1) is 7.67. The van der Waals surface area contributed by atoms with E-state index in [2.05, 4.69) is 15.3 Å². The van der Waals surface area contributed by atoms with Crippen LogP contribution in [0.15, 0.2) is 36.7 Å². The van der Waals surface area contributed by atoms with Crippen molar-refractivity contribution in [2.75, 3.05) is 5.32 Å². The lowest BCUT2D eigenvalue weighted by atomic mass is 10.3. The van der Waals surface area contributed by atoms with E-state index in [1.54, 1.807) is 0 Å². The van der Waals surface area contributed by atoms with Crippen molar-refractivity contribution in [3.63, 3.8) is 0 Å². The molecule has 0 radical (unpaired) electrons. The van der Waals surface area contributed by atoms with E-state index in [0.717, 1.165) is 5.69 Å². The van der Waals surface area contributed by atoms with Gasteiger partial charge in [-0.15, -0.1) is 0 Å². The van der Waals surface area contributed by atoms with Crippen molar-refractivity contribution in [1.82, 2.24) is 9.97 Å². The molecule has 0 aliphatic heterocycles. The van der Waals surface area contributed by atoms with Crippen LogP contribution in [0, 0.1) is 0 Å². The van der Waals surface area contributed by atoms with Crippen LogP contribution in [0.4, 0.5) is 11.5 Å². The molecule has 1 heterocycles. The molecule has 4 heteroatoms. The zero-order valence-electron chi connectivity index (χ0n) is 6.86. The van der Waals surface area contributed by atoms with Gasteiger partial charge >= 0.3 is 0 Å². The molecule has 0 spiro atoms. The van der Waals surface area contributed by atoms with Crippen LogP contribution in [0.3, 0.4) is 0 Å². The highest BCUT2D eigenvalue weighted by molar-refractivity contribution is 5.59. The lowest BCUT2D eigenvalue weighted by molar-refractivity contribution is 0.459. The summed E-state index contributed by atoms with van der Waals surface area (Å²) >= 11 is 0. The number of imidazole rings is 1. The topological polar surface area (TPSA) is 60.9 Å². The minimum absolute atomic E-state index is 0.0242. The lowest BCUT2D eigenvalue weighted by Gasteiger charge is -2.02. The number of aromatic amines is 1. The number of para-hydroxylation sites is 1. The first-order chi connectivity index (χ1) is 6.36. The Labute approximate surface area is 75.3 Å². The zero-order chi connectivity index (χ0) is 9.10. The molecule has 1 aromatic carbocycles. The maximum atomic E-state index is 9.21. The van der Waals surface area contributed by atoms with Crippen molar-refractivity contribution in [1.29, 1.82) is 0 Å². The van der Waals surface area contributed by atoms with Crippen molar-refractivity contribution < 1.29 is 5.11 Å². The predicted molar refractivity (Wildman–Crippen MR) is 50.0 cm³/mol. The highest BCUT2D eigenvalue weighted by Gasteiger charge is 2.01. The average molecular weight is 175 g/mol. The third-order valence-electron chi connectivity index (χ3n) is 1.66. The van der Waals surface area contributed by atoms with E-state index in [1.165, 1.54) is 6.33 Å². The van der Waals surface area contributed by atoms with Gasteiger partial charge in [0.25, 0.3) is 5.88 Å². The van der Waals surface area contributed by atoms with Crippen LogP contribution in [-0.2, 0) is 0 Å². The Morgan fingerprint density at radius 1 is 1.23 bits per heavy atom. The summed E-state index contributed by atoms with van der Waals surface area (Å²) in [5.74, 6) is 0.482. The van der Waals surface area contributed by atoms with Gasteiger partial charge in [-0.25, -0.2) is 4.98 Å². The largest absolute Gasteiger partial charge is 0.491 e. The van der Waals surface area contributed by atoms with Crippen LogP contribution in [-0.4, -0.2) is 15.1 Å². The summed E-state index contributed by atoms with van der Waals surface area (Å²) in [5.41, 5.74) is 0.905. The van der Waals surface area contributed by atoms with Crippen LogP contribution in [0.25, 0.3) is 0 Å². The number of hydrogen-bond donors (Lipinski definition) is 3. The van der Waals surface area contributed by atoms with E-state index in [-0.39, 0.29) is 5.88 Å². The molecule has 0 fully saturated rings. The van der Waals surface area contributed by atoms with Crippen molar-refractivity contribution in [3.05, 3.63) is 36.7 Å². The second kappa shape index (κ2) is 3.18. The number of hydrogen-bond acceptors (Lipinski definition) is 3. The molecule has 0 saturated heterocycles. The van der Waals surface area contributed by atoms with E-state index in [1.807, 2.05) is 30.3 Å². The Morgan fingerprint density at radius 2 is 2.00 bits per heavy atom. The van der Waals surface area contributed by atoms with E-state index in [9.17, 15) is 5.11 Å². The molecule has 4 nitrogen and oxygen atoms in total. The van der Waals surface area contributed by atoms with Crippen molar-refractivity contribution >= 4 is 11.5 Å². The van der Waals surface area contributed by atoms with Gasteiger partial charge in [0, 0.05) is 5.69 Å². The van der Waals surface area contributed by atoms with Crippen LogP contribution in [0.2, 0.25) is 0 Å². The molecule has 66 valence electrons. The Kier molecular flexibility index (Phi) is 1.88. The molecule has 0 aliphatic rings. The number of anilines is 2. The Balaban J connectivity index is 2.20. The summed E-state index contributed by atoms with van der Waals surface area (Å²) in [6.45, 7) is 0. The maximum absolute atomic E-state index is 9.21. The fourth-order valence-corrected chi connectivity index (χ4v) is 1.04. The summed E-state index contributed by atoms with van der Waals surface area (Å²) < 4.78 is 0. The smallest absolute Gasteiger partial charge is 0.254 e. The second-order valence-electron chi connectivity index (χ2n) is 2.59. The fourth-order valence-electron chi connectivity index (χ4n) is 1.04. The second-order valence-corrected chi connectivity index (χ2v) is 2.59. The van der Waals surface area contributed by atoms with Crippen molar-refractivity contribution in [2.45, 2.75) is 0 Å². The van der Waals surface area contributed by atoms with Gasteiger partial charge in [-0.2, -0.15) is 0 Å². The van der Waals surface area contributed by atoms with Crippen LogP contribution in [0.5, 0.6) is 5.88 Å². The monoisotopic (exact) mass is 175 g/mol. The number of aromatic nitrogens is 2. The molecule has 13 heavy (non-hydrogen) atoms. The molecule has 2 rings (SSSR count). The highest BCUT2D eigenvalue weighted by Crippen LogP contribution is 2.20. The molecule has 0 bridgehead atoms. The van der Waals surface area contributed by atoms with Gasteiger partial charge in [0.1, 0.15) is 0 Å². The lowest BCUT2D eigenvalue weighted by Crippen LogP contribution is -1.89. The molecule has 2 aromatic rings. The summed E-state index contributed by atoms with van der Waals surface area (Å²) in [5, 5.41) is 12.2. The number of aromatic hydroxyl groups is 1. The summed E-state index contributed by atoms with van der Waals surface area (Å²) in [4.78, 5) is 6.43. The fraction of sp³-hybridized carbons (Fsp3) is 0. The summed E-state index contributed by atoms with van der Waals surface area (Å²) in [7, 11) is 0. The first-order valence-corrected chi connectivity index (χ1v) is 3.90. The molecule has 0 atom stereocenters. The average Bonchev–Trinajstić information content (AvgIpc) is 2.54. The number of H-pyrrole nitrogens is 1. The van der Waals surface area contributed by atoms with Gasteiger partial charge in [-0.05, 0) is 12.1 Å². The van der Waals surface area contributed by atoms with Gasteiger partial charge in [0.05, 0.1) is 6.33 Å². The Hall–Kier alpha value is -1.97. The van der Waals surface area contributed by atoms with Crippen LogP contribution >= 0.6 is 0 Å². The van der Waals surface area contributed by atoms with E-state index in [0.29, 0.717) is 5.82 Å². The van der Waals surface area contributed by atoms with Crippen LogP contribution < -0.4 is 5.32 Å². The normalized spacial score (nSPS) is 9.85. The molecule has 1 aromatic heterocycles. The minimum atomic E-state index is -0.0242. The summed E-state index contributed by atoms with van der Waals surface area (Å²) in [6, 6.07) is 9.56. The standard InChI is InChI=1S/C9H9N3O/c13-9-8(10-6-11-9)12-7-4-2-1-3-5-7/h1-6,12-13H,(H,10,11). The third-order valence-corrected chi connectivity index (χ3v) is 1.66. The Morgan fingerprint density at radius 3 is 2.62 bits per heavy atom. The molecule has 0 aliphatic carbocycles. The van der Waals surface area contributed by atoms with E-state index < -0.39 is 0 Å². The van der Waals surface area contributed by atoms with Gasteiger partial charge in [-0.1, -0.05) is 18.2 Å². The SMILES string of the molecule is Oc1nc[nH]c1Nc1ccccc1. The van der Waals surface area contributed by atoms with E-state index >= 15 is 0 Å². The Bertz CT molecular complexity index is 383. The quantitative estimate of drug-likeness (QED) is 0.652. The van der Waals surface area contributed by atoms with Gasteiger partial charge in [0.2, 0.25) is 0 Å². The molecule has 0 saturated carbocycles. The molecule has 0 amide bonds. The number of rotatable bonds is 2. The van der Waals surface area contributed by atoms with E-state index in [4.69, 9.17) is 0 Å². The van der Waals surface area contributed by atoms with Gasteiger partial charge < -0.3 is 15.4 Å². The molecular formula is C9H9N3O. The van der Waals surface area contributed by atoms with Gasteiger partial charge in [0.15, 0.2) is 5.82 Å². The number of benzene rings is 1.